The third-order valence-corrected chi connectivity index (χ3v) is 7.05. The number of dihydropyridines is 1. The number of nitrogens with two attached hydrogens (primary N) is 1. The van der Waals surface area contributed by atoms with Gasteiger partial charge in [-0.2, -0.15) is 0 Å². The third-order valence-electron chi connectivity index (χ3n) is 6.72. The maximum absolute atomic E-state index is 13.1. The highest BCUT2D eigenvalue weighted by atomic mass is 35.5. The Morgan fingerprint density at radius 3 is 2.46 bits per heavy atom. The van der Waals surface area contributed by atoms with Crippen molar-refractivity contribution in [3.05, 3.63) is 29.3 Å². The number of aliphatic imine (C=N–C) groups is 1. The largest absolute Gasteiger partial charge is 0.493 e. The molecule has 1 aromatic carbocycles. The van der Waals surface area contributed by atoms with E-state index in [0.29, 0.717) is 42.3 Å². The molecule has 4 atom stereocenters. The second kappa shape index (κ2) is 13.3. The van der Waals surface area contributed by atoms with Crippen LogP contribution in [0.4, 0.5) is 0 Å². The number of rotatable bonds is 10. The van der Waals surface area contributed by atoms with Crippen molar-refractivity contribution in [2.75, 3.05) is 55.2 Å². The third kappa shape index (κ3) is 7.13. The number of piperidine rings is 1. The minimum atomic E-state index is -1.03. The van der Waals surface area contributed by atoms with Crippen LogP contribution in [0.25, 0.3) is 0 Å². The van der Waals surface area contributed by atoms with Gasteiger partial charge in [0.15, 0.2) is 11.5 Å². The molecular weight excluding hydrogens is 532 g/mol. The van der Waals surface area contributed by atoms with Crippen LogP contribution in [0.3, 0.4) is 0 Å². The van der Waals surface area contributed by atoms with Crippen LogP contribution in [0.2, 0.25) is 0 Å². The molecule has 2 aliphatic heterocycles. The molecule has 0 radical (unpaired) electrons. The highest BCUT2D eigenvalue weighted by Crippen LogP contribution is 2.40. The molecule has 0 bridgehead atoms. The molecule has 39 heavy (non-hydrogen) atoms. The van der Waals surface area contributed by atoms with E-state index >= 15 is 0 Å². The van der Waals surface area contributed by atoms with E-state index in [9.17, 15) is 9.59 Å². The van der Waals surface area contributed by atoms with Crippen LogP contribution < -0.4 is 25.3 Å². The molecule has 3 N–H and O–H groups in total. The predicted molar refractivity (Wildman–Crippen MR) is 144 cm³/mol. The lowest BCUT2D eigenvalue weighted by molar-refractivity contribution is -0.147. The fourth-order valence-electron chi connectivity index (χ4n) is 4.51. The molecular formula is C26H37ClN4O8. The highest BCUT2D eigenvalue weighted by Gasteiger charge is 2.38. The van der Waals surface area contributed by atoms with Gasteiger partial charge in [0, 0.05) is 25.8 Å². The average Bonchev–Trinajstić information content (AvgIpc) is 2.92. The Labute approximate surface area is 233 Å². The van der Waals surface area contributed by atoms with Crippen LogP contribution >= 0.6 is 11.6 Å². The zero-order chi connectivity index (χ0) is 28.7. The maximum Gasteiger partial charge on any atom is 0.320 e. The minimum absolute atomic E-state index is 0.00420. The van der Waals surface area contributed by atoms with Crippen molar-refractivity contribution >= 4 is 29.4 Å². The van der Waals surface area contributed by atoms with Crippen LogP contribution in [0, 0.1) is 0 Å². The molecule has 3 rings (SSSR count). The van der Waals surface area contributed by atoms with E-state index in [1.165, 1.54) is 28.4 Å². The number of hydrogen-bond acceptors (Lipinski definition) is 11. The monoisotopic (exact) mass is 568 g/mol. The van der Waals surface area contributed by atoms with Crippen molar-refractivity contribution < 1.29 is 38.0 Å². The van der Waals surface area contributed by atoms with E-state index < -0.39 is 22.9 Å². The number of nitrogens with one attached hydrogen (secondary N) is 1. The summed E-state index contributed by atoms with van der Waals surface area (Å²) in [5.74, 6) is 0.696. The van der Waals surface area contributed by atoms with Gasteiger partial charge in [-0.1, -0.05) is 0 Å². The first-order valence-corrected chi connectivity index (χ1v) is 12.7. The number of halogens is 1. The minimum Gasteiger partial charge on any atom is -0.493 e. The molecule has 1 saturated heterocycles. The summed E-state index contributed by atoms with van der Waals surface area (Å²) in [6.45, 7) is 2.70. The lowest BCUT2D eigenvalue weighted by Gasteiger charge is -2.38. The van der Waals surface area contributed by atoms with Crippen molar-refractivity contribution in [2.24, 2.45) is 10.7 Å². The molecule has 0 aliphatic carbocycles. The molecule has 216 valence electrons. The van der Waals surface area contributed by atoms with Gasteiger partial charge in [-0.15, -0.1) is 11.6 Å². The molecule has 0 aromatic heterocycles. The fraction of sp³-hybridized carbons (Fsp3) is 0.577. The van der Waals surface area contributed by atoms with Crippen molar-refractivity contribution in [1.29, 1.82) is 0 Å². The molecule has 12 nitrogen and oxygen atoms in total. The first-order valence-electron chi connectivity index (χ1n) is 12.4. The van der Waals surface area contributed by atoms with Gasteiger partial charge in [-0.05, 0) is 31.6 Å². The summed E-state index contributed by atoms with van der Waals surface area (Å²) in [6.07, 6.45) is 0.998. The lowest BCUT2D eigenvalue weighted by Crippen LogP contribution is -2.56. The number of amides is 1. The molecule has 2 aliphatic rings. The first kappa shape index (κ1) is 30.5. The van der Waals surface area contributed by atoms with Gasteiger partial charge in [-0.3, -0.25) is 14.5 Å². The topological polar surface area (TPSA) is 143 Å². The van der Waals surface area contributed by atoms with Gasteiger partial charge in [0.2, 0.25) is 11.6 Å². The number of methoxy groups -OCH3 is 5. The van der Waals surface area contributed by atoms with Gasteiger partial charge in [0.05, 0.1) is 57.6 Å². The van der Waals surface area contributed by atoms with Crippen molar-refractivity contribution in [3.63, 3.8) is 0 Å². The average molecular weight is 569 g/mol. The standard InChI is InChI=1S/C26H37ClN4O8/c1-26(27)11-16(24(38-6)30-25(26)28)23(33)29-17-9-10-31(12-19(17)35-3)13-20(32)39-14-15-7-8-18(34-2)22(37-5)21(15)36-4/h7-8,11,17,19,25H,9-10,12-14,28H2,1-6H3,(H,29,33)/t17-,19+,25?,26?/m0/s1. The Balaban J connectivity index is 1.57. The Morgan fingerprint density at radius 2 is 1.85 bits per heavy atom. The van der Waals surface area contributed by atoms with Crippen LogP contribution in [0.1, 0.15) is 18.9 Å². The second-order valence-electron chi connectivity index (χ2n) is 9.32. The number of benzene rings is 1. The number of ether oxygens (including phenoxy) is 6. The Kier molecular flexibility index (Phi) is 10.4. The zero-order valence-corrected chi connectivity index (χ0v) is 23.9. The van der Waals surface area contributed by atoms with Crippen LogP contribution in [-0.4, -0.2) is 101 Å². The van der Waals surface area contributed by atoms with Crippen LogP contribution in [0.15, 0.2) is 28.8 Å². The van der Waals surface area contributed by atoms with E-state index in [-0.39, 0.29) is 36.8 Å². The number of esters is 1. The number of likely N-dealkylation sites (tertiary alicyclic amines) is 1. The molecule has 0 saturated carbocycles. The van der Waals surface area contributed by atoms with Crippen LogP contribution in [0.5, 0.6) is 17.2 Å². The van der Waals surface area contributed by atoms with Crippen LogP contribution in [-0.2, 0) is 30.4 Å². The van der Waals surface area contributed by atoms with E-state index in [1.54, 1.807) is 32.2 Å². The van der Waals surface area contributed by atoms with Crippen molar-refractivity contribution in [3.8, 4) is 17.2 Å². The normalized spacial score (nSPS) is 25.2. The molecule has 1 aromatic rings. The Bertz CT molecular complexity index is 1110. The highest BCUT2D eigenvalue weighted by molar-refractivity contribution is 6.28. The number of nitrogens with zero attached hydrogens (tertiary/aromatic N) is 2. The summed E-state index contributed by atoms with van der Waals surface area (Å²) < 4.78 is 32.5. The van der Waals surface area contributed by atoms with E-state index in [4.69, 9.17) is 45.8 Å². The quantitative estimate of drug-likeness (QED) is 0.312. The summed E-state index contributed by atoms with van der Waals surface area (Å²) in [6, 6.07) is 3.17. The second-order valence-corrected chi connectivity index (χ2v) is 10.1. The summed E-state index contributed by atoms with van der Waals surface area (Å²) in [4.78, 5) is 30.8. The van der Waals surface area contributed by atoms with E-state index in [0.717, 1.165) is 0 Å². The fourth-order valence-corrected chi connectivity index (χ4v) is 4.67. The Hall–Kier alpha value is -3.06. The van der Waals surface area contributed by atoms with Gasteiger partial charge in [0.1, 0.15) is 12.8 Å². The van der Waals surface area contributed by atoms with Gasteiger partial charge < -0.3 is 39.5 Å². The molecule has 1 amide bonds. The number of hydrogen-bond donors (Lipinski definition) is 2. The van der Waals surface area contributed by atoms with E-state index in [1.807, 2.05) is 4.90 Å². The molecule has 1 fully saturated rings. The summed E-state index contributed by atoms with van der Waals surface area (Å²) >= 11 is 6.42. The zero-order valence-electron chi connectivity index (χ0n) is 23.1. The SMILES string of the molecule is COC1=NC(N)C(C)(Cl)C=C1C(=O)N[C@H]1CCN(CC(=O)OCc2ccc(OC)c(OC)c2OC)C[C@H]1OC. The lowest BCUT2D eigenvalue weighted by atomic mass is 9.98. The number of carbonyl (C=O) groups is 2. The molecule has 13 heteroatoms. The predicted octanol–water partition coefficient (Wildman–Crippen LogP) is 1.23. The molecule has 0 spiro atoms. The number of carbonyl (C=O) groups excluding carboxylic acids is 2. The molecule has 2 unspecified atom stereocenters. The Morgan fingerprint density at radius 1 is 1.13 bits per heavy atom. The van der Waals surface area contributed by atoms with Crippen molar-refractivity contribution in [2.45, 2.75) is 43.1 Å². The summed E-state index contributed by atoms with van der Waals surface area (Å²) in [7, 11) is 7.52. The summed E-state index contributed by atoms with van der Waals surface area (Å²) in [5, 5.41) is 2.99. The summed E-state index contributed by atoms with van der Waals surface area (Å²) in [5.41, 5.74) is 6.82. The maximum atomic E-state index is 13.1. The number of alkyl halides is 1. The van der Waals surface area contributed by atoms with E-state index in [2.05, 4.69) is 10.3 Å². The van der Waals surface area contributed by atoms with Gasteiger partial charge in [0.25, 0.3) is 5.91 Å². The van der Waals surface area contributed by atoms with Crippen molar-refractivity contribution in [1.82, 2.24) is 10.2 Å². The molecule has 2 heterocycles. The smallest absolute Gasteiger partial charge is 0.320 e. The first-order chi connectivity index (χ1) is 18.6. The van der Waals surface area contributed by atoms with Gasteiger partial charge in [-0.25, -0.2) is 4.99 Å². The van der Waals surface area contributed by atoms with Gasteiger partial charge >= 0.3 is 5.97 Å².